The number of amides is 1. The molecule has 1 saturated heterocycles. The van der Waals surface area contributed by atoms with Gasteiger partial charge in [-0.25, -0.2) is 0 Å². The van der Waals surface area contributed by atoms with E-state index in [1.807, 2.05) is 6.07 Å². The summed E-state index contributed by atoms with van der Waals surface area (Å²) in [7, 11) is 1.54. The number of aromatic nitrogens is 1. The maximum atomic E-state index is 13.2. The second-order valence-electron chi connectivity index (χ2n) is 7.59. The maximum Gasteiger partial charge on any atom is 0.296 e. The van der Waals surface area contributed by atoms with Crippen LogP contribution in [0, 0.1) is 0 Å². The van der Waals surface area contributed by atoms with Gasteiger partial charge in [0.1, 0.15) is 11.5 Å². The molecule has 1 atom stereocenters. The van der Waals surface area contributed by atoms with Crippen molar-refractivity contribution in [2.24, 2.45) is 0 Å². The summed E-state index contributed by atoms with van der Waals surface area (Å²) < 4.78 is 16.1. The standard InChI is InChI=1S/C25H20N2O6/c1-31-18-7-4-5-15(11-18)22-21(23(28)16-8-9-19-20(12-16)33-14-32-19)24(29)25(30)27(22)13-17-6-2-3-10-26-17/h2-12,22,28H,13-14H2,1H3/b23-21-. The third-order valence-electron chi connectivity index (χ3n) is 5.65. The first kappa shape index (κ1) is 20.6. The van der Waals surface area contributed by atoms with Gasteiger partial charge in [0, 0.05) is 11.8 Å². The van der Waals surface area contributed by atoms with Crippen LogP contribution in [0.3, 0.4) is 0 Å². The van der Waals surface area contributed by atoms with Gasteiger partial charge in [-0.15, -0.1) is 0 Å². The number of ether oxygens (including phenoxy) is 3. The Morgan fingerprint density at radius 3 is 2.73 bits per heavy atom. The van der Waals surface area contributed by atoms with Gasteiger partial charge >= 0.3 is 0 Å². The number of Topliss-reactive ketones (excluding diaryl/α,β-unsaturated/α-hetero) is 1. The highest BCUT2D eigenvalue weighted by Gasteiger charge is 2.46. The molecular weight excluding hydrogens is 424 g/mol. The van der Waals surface area contributed by atoms with Crippen LogP contribution in [0.5, 0.6) is 17.2 Å². The van der Waals surface area contributed by atoms with Gasteiger partial charge in [0.15, 0.2) is 11.5 Å². The van der Waals surface area contributed by atoms with E-state index in [-0.39, 0.29) is 24.7 Å². The number of methoxy groups -OCH3 is 1. The molecule has 2 aliphatic heterocycles. The summed E-state index contributed by atoms with van der Waals surface area (Å²) in [5.74, 6) is -0.196. The van der Waals surface area contributed by atoms with Crippen LogP contribution in [0.15, 0.2) is 72.4 Å². The minimum Gasteiger partial charge on any atom is -0.507 e. The van der Waals surface area contributed by atoms with Gasteiger partial charge in [-0.3, -0.25) is 14.6 Å². The Hall–Kier alpha value is -4.33. The second kappa shape index (κ2) is 8.31. The molecule has 3 heterocycles. The smallest absolute Gasteiger partial charge is 0.296 e. The van der Waals surface area contributed by atoms with Crippen LogP contribution < -0.4 is 14.2 Å². The minimum absolute atomic E-state index is 0.0111. The Kier molecular flexibility index (Phi) is 5.18. The molecule has 1 N–H and O–H groups in total. The average molecular weight is 444 g/mol. The summed E-state index contributed by atoms with van der Waals surface area (Å²) in [6.45, 7) is 0.184. The quantitative estimate of drug-likeness (QED) is 0.366. The number of ketones is 1. The zero-order valence-corrected chi connectivity index (χ0v) is 17.7. The van der Waals surface area contributed by atoms with Gasteiger partial charge in [0.25, 0.3) is 11.7 Å². The molecule has 8 heteroatoms. The predicted octanol–water partition coefficient (Wildman–Crippen LogP) is 3.44. The van der Waals surface area contributed by atoms with E-state index in [2.05, 4.69) is 4.98 Å². The number of hydrogen-bond acceptors (Lipinski definition) is 7. The molecule has 0 aliphatic carbocycles. The molecule has 0 saturated carbocycles. The molecule has 33 heavy (non-hydrogen) atoms. The fourth-order valence-electron chi connectivity index (χ4n) is 4.07. The van der Waals surface area contributed by atoms with E-state index in [4.69, 9.17) is 14.2 Å². The van der Waals surface area contributed by atoms with Crippen molar-refractivity contribution in [3.05, 3.63) is 89.3 Å². The molecule has 166 valence electrons. The molecule has 1 amide bonds. The van der Waals surface area contributed by atoms with E-state index in [1.165, 1.54) is 12.0 Å². The van der Waals surface area contributed by atoms with Crippen LogP contribution in [-0.2, 0) is 16.1 Å². The van der Waals surface area contributed by atoms with Crippen molar-refractivity contribution < 1.29 is 28.9 Å². The topological polar surface area (TPSA) is 98.2 Å². The third kappa shape index (κ3) is 3.65. The number of benzene rings is 2. The summed E-state index contributed by atoms with van der Waals surface area (Å²) in [6.07, 6.45) is 1.62. The lowest BCUT2D eigenvalue weighted by atomic mass is 9.95. The number of aliphatic hydroxyl groups is 1. The monoisotopic (exact) mass is 444 g/mol. The molecule has 2 aromatic carbocycles. The molecule has 0 bridgehead atoms. The summed E-state index contributed by atoms with van der Waals surface area (Å²) >= 11 is 0. The van der Waals surface area contributed by atoms with Crippen LogP contribution in [0.1, 0.15) is 22.9 Å². The Balaban J connectivity index is 1.65. The third-order valence-corrected chi connectivity index (χ3v) is 5.65. The number of likely N-dealkylation sites (tertiary alicyclic amines) is 1. The normalized spacial score (nSPS) is 18.6. The fourth-order valence-corrected chi connectivity index (χ4v) is 4.07. The lowest BCUT2D eigenvalue weighted by Gasteiger charge is -2.25. The second-order valence-corrected chi connectivity index (χ2v) is 7.59. The van der Waals surface area contributed by atoms with Crippen molar-refractivity contribution in [3.8, 4) is 17.2 Å². The molecule has 0 radical (unpaired) electrons. The Labute approximate surface area is 189 Å². The first-order valence-electron chi connectivity index (χ1n) is 10.3. The van der Waals surface area contributed by atoms with Crippen LogP contribution in [0.2, 0.25) is 0 Å². The van der Waals surface area contributed by atoms with Crippen LogP contribution in [0.25, 0.3) is 5.76 Å². The van der Waals surface area contributed by atoms with E-state index < -0.39 is 17.7 Å². The zero-order chi connectivity index (χ0) is 22.9. The van der Waals surface area contributed by atoms with Gasteiger partial charge in [0.2, 0.25) is 6.79 Å². The van der Waals surface area contributed by atoms with Crippen molar-refractivity contribution >= 4 is 17.4 Å². The summed E-state index contributed by atoms with van der Waals surface area (Å²) in [6, 6.07) is 16.5. The summed E-state index contributed by atoms with van der Waals surface area (Å²) in [4.78, 5) is 32.0. The Morgan fingerprint density at radius 1 is 1.09 bits per heavy atom. The molecule has 1 fully saturated rings. The lowest BCUT2D eigenvalue weighted by Crippen LogP contribution is -2.29. The zero-order valence-electron chi connectivity index (χ0n) is 17.7. The number of rotatable bonds is 5. The molecule has 5 rings (SSSR count). The number of hydrogen-bond donors (Lipinski definition) is 1. The largest absolute Gasteiger partial charge is 0.507 e. The molecule has 0 spiro atoms. The Bertz CT molecular complexity index is 1270. The Morgan fingerprint density at radius 2 is 1.94 bits per heavy atom. The summed E-state index contributed by atoms with van der Waals surface area (Å²) in [5, 5.41) is 11.2. The van der Waals surface area contributed by atoms with Crippen molar-refractivity contribution in [2.75, 3.05) is 13.9 Å². The number of aliphatic hydroxyl groups excluding tert-OH is 1. The highest BCUT2D eigenvalue weighted by molar-refractivity contribution is 6.46. The molecule has 1 unspecified atom stereocenters. The maximum absolute atomic E-state index is 13.2. The number of fused-ring (bicyclic) bond motifs is 1. The van der Waals surface area contributed by atoms with E-state index in [0.717, 1.165) is 0 Å². The van der Waals surface area contributed by atoms with Crippen LogP contribution in [0.4, 0.5) is 0 Å². The first-order valence-corrected chi connectivity index (χ1v) is 10.3. The summed E-state index contributed by atoms with van der Waals surface area (Å²) in [5.41, 5.74) is 1.59. The molecule has 3 aromatic rings. The predicted molar refractivity (Wildman–Crippen MR) is 118 cm³/mol. The molecule has 1 aromatic heterocycles. The van der Waals surface area contributed by atoms with Gasteiger partial charge in [-0.1, -0.05) is 18.2 Å². The highest BCUT2D eigenvalue weighted by atomic mass is 16.7. The fraction of sp³-hybridized carbons (Fsp3) is 0.160. The van der Waals surface area contributed by atoms with Gasteiger partial charge < -0.3 is 24.2 Å². The first-order chi connectivity index (χ1) is 16.1. The minimum atomic E-state index is -0.826. The highest BCUT2D eigenvalue weighted by Crippen LogP contribution is 2.42. The van der Waals surface area contributed by atoms with Crippen LogP contribution >= 0.6 is 0 Å². The number of pyridine rings is 1. The van der Waals surface area contributed by atoms with E-state index in [0.29, 0.717) is 34.1 Å². The van der Waals surface area contributed by atoms with Crippen molar-refractivity contribution in [1.29, 1.82) is 0 Å². The van der Waals surface area contributed by atoms with Crippen molar-refractivity contribution in [1.82, 2.24) is 9.88 Å². The average Bonchev–Trinajstić information content (AvgIpc) is 3.42. The lowest BCUT2D eigenvalue weighted by molar-refractivity contribution is -0.140. The van der Waals surface area contributed by atoms with Gasteiger partial charge in [-0.2, -0.15) is 0 Å². The van der Waals surface area contributed by atoms with Crippen LogP contribution in [-0.4, -0.2) is 40.6 Å². The number of carbonyl (C=O) groups excluding carboxylic acids is 2. The molecular formula is C25H20N2O6. The number of nitrogens with zero attached hydrogens (tertiary/aromatic N) is 2. The van der Waals surface area contributed by atoms with Crippen molar-refractivity contribution in [3.63, 3.8) is 0 Å². The van der Waals surface area contributed by atoms with Gasteiger partial charge in [0.05, 0.1) is 31.0 Å². The molecule has 2 aliphatic rings. The SMILES string of the molecule is COc1cccc(C2/C(=C(/O)c3ccc4c(c3)OCO4)C(=O)C(=O)N2Cc2ccccn2)c1. The molecule has 8 nitrogen and oxygen atoms in total. The van der Waals surface area contributed by atoms with E-state index in [1.54, 1.807) is 60.8 Å². The van der Waals surface area contributed by atoms with Gasteiger partial charge in [-0.05, 0) is 48.0 Å². The van der Waals surface area contributed by atoms with Crippen molar-refractivity contribution in [2.45, 2.75) is 12.6 Å². The van der Waals surface area contributed by atoms with E-state index >= 15 is 0 Å². The number of carbonyl (C=O) groups is 2. The van der Waals surface area contributed by atoms with E-state index in [9.17, 15) is 14.7 Å².